The molecular weight excluding hydrogens is 316 g/mol. The SMILES string of the molecule is Cc1nc(OCc2cccc(Br)c2)ncc1CCl. The number of hydrogen-bond acceptors (Lipinski definition) is 3. The van der Waals surface area contributed by atoms with Crippen LogP contribution in [-0.4, -0.2) is 9.97 Å². The van der Waals surface area contributed by atoms with Crippen molar-refractivity contribution in [1.82, 2.24) is 9.97 Å². The second-order valence-electron chi connectivity index (χ2n) is 3.82. The maximum atomic E-state index is 5.75. The van der Waals surface area contributed by atoms with Gasteiger partial charge in [-0.1, -0.05) is 28.1 Å². The molecule has 0 aliphatic carbocycles. The molecule has 0 saturated carbocycles. The summed E-state index contributed by atoms with van der Waals surface area (Å²) in [7, 11) is 0. The highest BCUT2D eigenvalue weighted by Crippen LogP contribution is 2.15. The summed E-state index contributed by atoms with van der Waals surface area (Å²) in [5, 5.41) is 0. The van der Waals surface area contributed by atoms with E-state index in [2.05, 4.69) is 25.9 Å². The van der Waals surface area contributed by atoms with Crippen LogP contribution in [0.3, 0.4) is 0 Å². The van der Waals surface area contributed by atoms with Crippen molar-refractivity contribution in [2.45, 2.75) is 19.4 Å². The number of alkyl halides is 1. The zero-order chi connectivity index (χ0) is 13.0. The number of aryl methyl sites for hydroxylation is 1. The van der Waals surface area contributed by atoms with E-state index in [0.717, 1.165) is 21.3 Å². The van der Waals surface area contributed by atoms with Gasteiger partial charge < -0.3 is 4.74 Å². The molecule has 0 radical (unpaired) electrons. The van der Waals surface area contributed by atoms with Crippen molar-refractivity contribution in [3.05, 3.63) is 51.8 Å². The van der Waals surface area contributed by atoms with Crippen molar-refractivity contribution < 1.29 is 4.74 Å². The minimum Gasteiger partial charge on any atom is -0.459 e. The quantitative estimate of drug-likeness (QED) is 0.800. The van der Waals surface area contributed by atoms with Gasteiger partial charge in [0.25, 0.3) is 0 Å². The lowest BCUT2D eigenvalue weighted by molar-refractivity contribution is 0.279. The van der Waals surface area contributed by atoms with E-state index < -0.39 is 0 Å². The monoisotopic (exact) mass is 326 g/mol. The summed E-state index contributed by atoms with van der Waals surface area (Å²) in [5.41, 5.74) is 2.84. The fraction of sp³-hybridized carbons (Fsp3) is 0.231. The summed E-state index contributed by atoms with van der Waals surface area (Å²) in [6.45, 7) is 2.34. The highest BCUT2D eigenvalue weighted by atomic mass is 79.9. The molecule has 3 nitrogen and oxygen atoms in total. The van der Waals surface area contributed by atoms with Crippen LogP contribution in [0.4, 0.5) is 0 Å². The molecule has 5 heteroatoms. The largest absolute Gasteiger partial charge is 0.459 e. The molecule has 2 rings (SSSR count). The minimum absolute atomic E-state index is 0.376. The first-order valence-electron chi connectivity index (χ1n) is 5.45. The summed E-state index contributed by atoms with van der Waals surface area (Å²) >= 11 is 9.17. The molecule has 0 unspecified atom stereocenters. The second kappa shape index (κ2) is 6.16. The van der Waals surface area contributed by atoms with Gasteiger partial charge >= 0.3 is 6.01 Å². The third kappa shape index (κ3) is 3.43. The second-order valence-corrected chi connectivity index (χ2v) is 5.00. The molecule has 1 heterocycles. The van der Waals surface area contributed by atoms with Crippen molar-refractivity contribution in [3.8, 4) is 6.01 Å². The Morgan fingerprint density at radius 2 is 2.22 bits per heavy atom. The predicted molar refractivity (Wildman–Crippen MR) is 74.8 cm³/mol. The predicted octanol–water partition coefficient (Wildman–Crippen LogP) is 3.87. The highest BCUT2D eigenvalue weighted by molar-refractivity contribution is 9.10. The van der Waals surface area contributed by atoms with E-state index in [0.29, 0.717) is 18.5 Å². The Hall–Kier alpha value is -1.13. The van der Waals surface area contributed by atoms with Crippen LogP contribution in [0.15, 0.2) is 34.9 Å². The smallest absolute Gasteiger partial charge is 0.316 e. The molecule has 0 spiro atoms. The third-order valence-corrected chi connectivity index (χ3v) is 3.24. The summed E-state index contributed by atoms with van der Waals surface area (Å²) in [6.07, 6.45) is 1.70. The first-order chi connectivity index (χ1) is 8.69. The molecule has 94 valence electrons. The van der Waals surface area contributed by atoms with Crippen molar-refractivity contribution in [1.29, 1.82) is 0 Å². The van der Waals surface area contributed by atoms with E-state index >= 15 is 0 Å². The van der Waals surface area contributed by atoms with Crippen molar-refractivity contribution in [3.63, 3.8) is 0 Å². The normalized spacial score (nSPS) is 10.4. The topological polar surface area (TPSA) is 35.0 Å². The Kier molecular flexibility index (Phi) is 4.55. The number of hydrogen-bond donors (Lipinski definition) is 0. The number of nitrogens with zero attached hydrogens (tertiary/aromatic N) is 2. The molecule has 0 saturated heterocycles. The lowest BCUT2D eigenvalue weighted by Gasteiger charge is -2.07. The van der Waals surface area contributed by atoms with E-state index in [-0.39, 0.29) is 0 Å². The maximum absolute atomic E-state index is 5.75. The molecule has 0 atom stereocenters. The average Bonchev–Trinajstić information content (AvgIpc) is 2.37. The van der Waals surface area contributed by atoms with Crippen LogP contribution in [0.25, 0.3) is 0 Å². The number of rotatable bonds is 4. The van der Waals surface area contributed by atoms with Crippen LogP contribution in [-0.2, 0) is 12.5 Å². The average molecular weight is 328 g/mol. The summed E-state index contributed by atoms with van der Waals surface area (Å²) in [6, 6.07) is 8.30. The molecule has 0 aliphatic rings. The Morgan fingerprint density at radius 1 is 1.39 bits per heavy atom. The summed E-state index contributed by atoms with van der Waals surface area (Å²) in [4.78, 5) is 8.37. The van der Waals surface area contributed by atoms with Gasteiger partial charge in [0, 0.05) is 21.9 Å². The maximum Gasteiger partial charge on any atom is 0.316 e. The molecule has 0 bridgehead atoms. The Bertz CT molecular complexity index is 548. The third-order valence-electron chi connectivity index (χ3n) is 2.46. The van der Waals surface area contributed by atoms with Crippen LogP contribution in [0.2, 0.25) is 0 Å². The number of benzene rings is 1. The van der Waals surface area contributed by atoms with E-state index in [9.17, 15) is 0 Å². The summed E-state index contributed by atoms with van der Waals surface area (Å²) in [5.74, 6) is 0.414. The fourth-order valence-corrected chi connectivity index (χ4v) is 2.16. The van der Waals surface area contributed by atoms with Gasteiger partial charge in [-0.25, -0.2) is 9.97 Å². The molecule has 18 heavy (non-hydrogen) atoms. The van der Waals surface area contributed by atoms with Gasteiger partial charge in [-0.3, -0.25) is 0 Å². The Balaban J connectivity index is 2.04. The van der Waals surface area contributed by atoms with Crippen LogP contribution < -0.4 is 4.74 Å². The highest BCUT2D eigenvalue weighted by Gasteiger charge is 2.03. The Morgan fingerprint density at radius 3 is 2.89 bits per heavy atom. The standard InChI is InChI=1S/C13H12BrClN2O/c1-9-11(6-15)7-16-13(17-9)18-8-10-3-2-4-12(14)5-10/h2-5,7H,6,8H2,1H3. The zero-order valence-corrected chi connectivity index (χ0v) is 12.2. The molecule has 0 N–H and O–H groups in total. The van der Waals surface area contributed by atoms with Crippen LogP contribution in [0, 0.1) is 6.92 Å². The molecule has 0 aliphatic heterocycles. The zero-order valence-electron chi connectivity index (χ0n) is 9.86. The van der Waals surface area contributed by atoms with Crippen LogP contribution >= 0.6 is 27.5 Å². The molecule has 1 aromatic carbocycles. The lowest BCUT2D eigenvalue weighted by atomic mass is 10.2. The summed E-state index contributed by atoms with van der Waals surface area (Å²) < 4.78 is 6.57. The van der Waals surface area contributed by atoms with E-state index in [1.54, 1.807) is 6.20 Å². The van der Waals surface area contributed by atoms with E-state index in [1.807, 2.05) is 31.2 Å². The first-order valence-corrected chi connectivity index (χ1v) is 6.77. The van der Waals surface area contributed by atoms with Crippen LogP contribution in [0.1, 0.15) is 16.8 Å². The van der Waals surface area contributed by atoms with Gasteiger partial charge in [0.15, 0.2) is 0 Å². The van der Waals surface area contributed by atoms with Crippen molar-refractivity contribution in [2.24, 2.45) is 0 Å². The fourth-order valence-electron chi connectivity index (χ4n) is 1.45. The van der Waals surface area contributed by atoms with Gasteiger partial charge in [-0.15, -0.1) is 11.6 Å². The lowest BCUT2D eigenvalue weighted by Crippen LogP contribution is -2.02. The van der Waals surface area contributed by atoms with Gasteiger partial charge in [-0.05, 0) is 24.6 Å². The van der Waals surface area contributed by atoms with Gasteiger partial charge in [0.1, 0.15) is 6.61 Å². The number of halogens is 2. The molecule has 0 amide bonds. The van der Waals surface area contributed by atoms with Crippen LogP contribution in [0.5, 0.6) is 6.01 Å². The van der Waals surface area contributed by atoms with Crippen molar-refractivity contribution in [2.75, 3.05) is 0 Å². The van der Waals surface area contributed by atoms with E-state index in [1.165, 1.54) is 0 Å². The van der Waals surface area contributed by atoms with E-state index in [4.69, 9.17) is 16.3 Å². The minimum atomic E-state index is 0.376. The number of aromatic nitrogens is 2. The van der Waals surface area contributed by atoms with Gasteiger partial charge in [0.2, 0.25) is 0 Å². The number of ether oxygens (including phenoxy) is 1. The molecule has 1 aromatic heterocycles. The molecular formula is C13H12BrClN2O. The molecule has 2 aromatic rings. The first kappa shape index (κ1) is 13.3. The van der Waals surface area contributed by atoms with Gasteiger partial charge in [0.05, 0.1) is 5.88 Å². The van der Waals surface area contributed by atoms with Gasteiger partial charge in [-0.2, -0.15) is 0 Å². The molecule has 0 fully saturated rings. The van der Waals surface area contributed by atoms with Crippen molar-refractivity contribution >= 4 is 27.5 Å². The Labute approximate surface area is 119 Å².